The maximum atomic E-state index is 13.8. The third-order valence-corrected chi connectivity index (χ3v) is 8.71. The minimum Gasteiger partial charge on any atom is -0.324 e. The highest BCUT2D eigenvalue weighted by atomic mass is 32.2. The molecule has 212 valence electrons. The van der Waals surface area contributed by atoms with Crippen molar-refractivity contribution in [3.8, 4) is 0 Å². The number of aryl methyl sites for hydroxylation is 3. The monoisotopic (exact) mass is 568 g/mol. The van der Waals surface area contributed by atoms with Crippen molar-refractivity contribution in [2.75, 3.05) is 16.2 Å². The lowest BCUT2D eigenvalue weighted by Gasteiger charge is -2.26. The minimum atomic E-state index is -4.05. The van der Waals surface area contributed by atoms with Crippen LogP contribution in [0, 0.1) is 20.8 Å². The highest BCUT2D eigenvalue weighted by Gasteiger charge is 2.28. The van der Waals surface area contributed by atoms with E-state index in [4.69, 9.17) is 0 Å². The van der Waals surface area contributed by atoms with Crippen molar-refractivity contribution in [2.24, 2.45) is 0 Å². The van der Waals surface area contributed by atoms with Crippen molar-refractivity contribution in [2.45, 2.75) is 51.9 Å². The number of nitrogens with one attached hydrogen (secondary N) is 1. The number of anilines is 2. The second kappa shape index (κ2) is 11.7. The molecule has 0 aliphatic carbocycles. The van der Waals surface area contributed by atoms with Crippen LogP contribution in [0.3, 0.4) is 0 Å². The summed E-state index contributed by atoms with van der Waals surface area (Å²) in [5.41, 5.74) is 5.55. The first-order valence-corrected chi connectivity index (χ1v) is 14.9. The van der Waals surface area contributed by atoms with Gasteiger partial charge in [0.05, 0.1) is 10.6 Å². The smallest absolute Gasteiger partial charge is 0.264 e. The maximum Gasteiger partial charge on any atom is 0.264 e. The Morgan fingerprint density at radius 3 is 2.00 bits per heavy atom. The molecule has 4 aromatic carbocycles. The van der Waals surface area contributed by atoms with Crippen molar-refractivity contribution in [1.29, 1.82) is 0 Å². The summed E-state index contributed by atoms with van der Waals surface area (Å²) in [5, 5.41) is 2.78. The van der Waals surface area contributed by atoms with Crippen LogP contribution < -0.4 is 9.62 Å². The summed E-state index contributed by atoms with van der Waals surface area (Å²) in [5.74, 6) is -0.694. The molecule has 0 aliphatic heterocycles. The first-order valence-electron chi connectivity index (χ1n) is 13.5. The lowest BCUT2D eigenvalue weighted by molar-refractivity contribution is -0.114. The molecule has 0 aromatic heterocycles. The Balaban J connectivity index is 1.59. The van der Waals surface area contributed by atoms with Gasteiger partial charge in [-0.1, -0.05) is 92.6 Å². The van der Waals surface area contributed by atoms with Crippen LogP contribution in [0.5, 0.6) is 0 Å². The number of rotatable bonds is 8. The van der Waals surface area contributed by atoms with Crippen molar-refractivity contribution in [3.05, 3.63) is 124 Å². The number of hydrogen-bond donors (Lipinski definition) is 1. The van der Waals surface area contributed by atoms with E-state index in [0.29, 0.717) is 22.5 Å². The molecule has 0 saturated carbocycles. The Labute approximate surface area is 243 Å². The highest BCUT2D eigenvalue weighted by molar-refractivity contribution is 7.92. The van der Waals surface area contributed by atoms with Gasteiger partial charge >= 0.3 is 0 Å². The van der Waals surface area contributed by atoms with E-state index >= 15 is 0 Å². The fraction of sp³-hybridized carbons (Fsp3) is 0.235. The summed E-state index contributed by atoms with van der Waals surface area (Å²) in [4.78, 5) is 26.6. The molecular weight excluding hydrogens is 532 g/mol. The number of sulfonamides is 1. The maximum absolute atomic E-state index is 13.8. The molecule has 4 aromatic rings. The topological polar surface area (TPSA) is 83.6 Å². The quantitative estimate of drug-likeness (QED) is 0.233. The molecule has 0 bridgehead atoms. The third-order valence-electron chi connectivity index (χ3n) is 6.94. The summed E-state index contributed by atoms with van der Waals surface area (Å²) in [6.45, 7) is 11.5. The number of benzene rings is 4. The molecule has 4 rings (SSSR count). The van der Waals surface area contributed by atoms with E-state index in [1.165, 1.54) is 0 Å². The zero-order valence-corrected chi connectivity index (χ0v) is 25.2. The van der Waals surface area contributed by atoms with Crippen LogP contribution in [0.4, 0.5) is 11.4 Å². The molecule has 0 heterocycles. The predicted molar refractivity (Wildman–Crippen MR) is 165 cm³/mol. The van der Waals surface area contributed by atoms with Gasteiger partial charge in [0.2, 0.25) is 5.91 Å². The summed E-state index contributed by atoms with van der Waals surface area (Å²) in [6, 6.07) is 26.2. The lowest BCUT2D eigenvalue weighted by atomic mass is 9.86. The largest absolute Gasteiger partial charge is 0.324 e. The van der Waals surface area contributed by atoms with Crippen molar-refractivity contribution < 1.29 is 18.0 Å². The zero-order chi connectivity index (χ0) is 29.9. The fourth-order valence-electron chi connectivity index (χ4n) is 4.58. The Bertz CT molecular complexity index is 1680. The van der Waals surface area contributed by atoms with Gasteiger partial charge in [0, 0.05) is 16.8 Å². The SMILES string of the molecule is Cc1ccc(S(=O)(=O)N(CC(=O)Nc2cccc(C(=O)c3ccc(C(C)(C)C)cc3)c2)c2ccc(C)cc2C)cc1. The lowest BCUT2D eigenvalue weighted by Crippen LogP contribution is -2.38. The molecule has 0 atom stereocenters. The van der Waals surface area contributed by atoms with E-state index in [0.717, 1.165) is 26.6 Å². The first kappa shape index (κ1) is 29.7. The van der Waals surface area contributed by atoms with E-state index in [2.05, 4.69) is 26.1 Å². The summed E-state index contributed by atoms with van der Waals surface area (Å²) in [6.07, 6.45) is 0. The predicted octanol–water partition coefficient (Wildman–Crippen LogP) is 6.97. The molecule has 0 aliphatic rings. The van der Waals surface area contributed by atoms with Crippen molar-refractivity contribution >= 4 is 33.1 Å². The molecule has 0 spiro atoms. The average Bonchev–Trinajstić information content (AvgIpc) is 2.91. The molecule has 1 amide bonds. The van der Waals surface area contributed by atoms with Gasteiger partial charge in [0.15, 0.2) is 5.78 Å². The Morgan fingerprint density at radius 1 is 0.756 bits per heavy atom. The first-order chi connectivity index (χ1) is 19.3. The summed E-state index contributed by atoms with van der Waals surface area (Å²) in [7, 11) is -4.05. The van der Waals surface area contributed by atoms with Gasteiger partial charge < -0.3 is 5.32 Å². The van der Waals surface area contributed by atoms with Gasteiger partial charge in [0.25, 0.3) is 10.0 Å². The van der Waals surface area contributed by atoms with E-state index in [1.54, 1.807) is 54.6 Å². The molecular formula is C34H36N2O4S. The Hall–Kier alpha value is -4.23. The number of carbonyl (C=O) groups is 2. The van der Waals surface area contributed by atoms with Crippen LogP contribution >= 0.6 is 0 Å². The van der Waals surface area contributed by atoms with Gasteiger partial charge in [-0.25, -0.2) is 8.42 Å². The normalized spacial score (nSPS) is 11.7. The van der Waals surface area contributed by atoms with Gasteiger partial charge in [-0.2, -0.15) is 0 Å². The number of nitrogens with zero attached hydrogens (tertiary/aromatic N) is 1. The number of amides is 1. The van der Waals surface area contributed by atoms with Gasteiger partial charge in [-0.3, -0.25) is 13.9 Å². The minimum absolute atomic E-state index is 0.0241. The number of hydrogen-bond acceptors (Lipinski definition) is 4. The summed E-state index contributed by atoms with van der Waals surface area (Å²) >= 11 is 0. The second-order valence-electron chi connectivity index (χ2n) is 11.4. The van der Waals surface area contributed by atoms with Gasteiger partial charge in [-0.05, 0) is 67.6 Å². The van der Waals surface area contributed by atoms with Gasteiger partial charge in [0.1, 0.15) is 6.54 Å². The van der Waals surface area contributed by atoms with Crippen LogP contribution in [-0.2, 0) is 20.2 Å². The van der Waals surface area contributed by atoms with E-state index < -0.39 is 22.5 Å². The number of ketones is 1. The van der Waals surface area contributed by atoms with Crippen LogP contribution in [0.25, 0.3) is 0 Å². The fourth-order valence-corrected chi connectivity index (χ4v) is 6.07. The molecule has 41 heavy (non-hydrogen) atoms. The van der Waals surface area contributed by atoms with Crippen LogP contribution in [-0.4, -0.2) is 26.7 Å². The van der Waals surface area contributed by atoms with Crippen LogP contribution in [0.1, 0.15) is 58.9 Å². The second-order valence-corrected chi connectivity index (χ2v) is 13.3. The molecule has 0 saturated heterocycles. The highest BCUT2D eigenvalue weighted by Crippen LogP contribution is 2.28. The molecule has 1 N–H and O–H groups in total. The van der Waals surface area contributed by atoms with E-state index in [9.17, 15) is 18.0 Å². The van der Waals surface area contributed by atoms with Crippen molar-refractivity contribution in [1.82, 2.24) is 0 Å². The van der Waals surface area contributed by atoms with Crippen LogP contribution in [0.2, 0.25) is 0 Å². The Morgan fingerprint density at radius 2 is 1.39 bits per heavy atom. The zero-order valence-electron chi connectivity index (χ0n) is 24.4. The third kappa shape index (κ3) is 6.92. The summed E-state index contributed by atoms with van der Waals surface area (Å²) < 4.78 is 28.6. The van der Waals surface area contributed by atoms with E-state index in [1.807, 2.05) is 57.2 Å². The number of carbonyl (C=O) groups excluding carboxylic acids is 2. The molecule has 0 unspecified atom stereocenters. The molecule has 7 heteroatoms. The molecule has 6 nitrogen and oxygen atoms in total. The molecule has 0 fully saturated rings. The standard InChI is InChI=1S/C34H36N2O4S/c1-23-10-17-30(18-11-23)41(39,40)36(31-19-12-24(2)20-25(31)3)22-32(37)35-29-9-7-8-27(21-29)33(38)26-13-15-28(16-14-26)34(4,5)6/h7-21H,22H2,1-6H3,(H,35,37). The van der Waals surface area contributed by atoms with E-state index in [-0.39, 0.29) is 16.1 Å². The van der Waals surface area contributed by atoms with Gasteiger partial charge in [-0.15, -0.1) is 0 Å². The molecule has 0 radical (unpaired) electrons. The van der Waals surface area contributed by atoms with Crippen molar-refractivity contribution in [3.63, 3.8) is 0 Å². The average molecular weight is 569 g/mol. The Kier molecular flexibility index (Phi) is 8.50. The van der Waals surface area contributed by atoms with Crippen LogP contribution in [0.15, 0.2) is 95.9 Å².